The smallest absolute Gasteiger partial charge is 0.306 e. The van der Waals surface area contributed by atoms with Crippen LogP contribution in [-0.4, -0.2) is 50.8 Å². The highest BCUT2D eigenvalue weighted by molar-refractivity contribution is 5.69. The van der Waals surface area contributed by atoms with Crippen molar-refractivity contribution in [2.24, 2.45) is 0 Å². The van der Waals surface area contributed by atoms with Crippen LogP contribution in [0.4, 0.5) is 0 Å². The molecule has 0 bridgehead atoms. The fraction of sp³-hybridized carbons (Fsp3) is 0.917. The molecule has 0 spiro atoms. The lowest BCUT2D eigenvalue weighted by Crippen LogP contribution is -2.24. The fourth-order valence-corrected chi connectivity index (χ4v) is 1.96. The first-order valence-electron chi connectivity index (χ1n) is 6.09. The second-order valence-corrected chi connectivity index (χ2v) is 4.41. The number of esters is 1. The molecule has 0 radical (unpaired) electrons. The average Bonchev–Trinajstić information content (AvgIpc) is 2.79. The van der Waals surface area contributed by atoms with Gasteiger partial charge in [-0.05, 0) is 39.3 Å². The minimum absolute atomic E-state index is 0.133. The topological polar surface area (TPSA) is 38.8 Å². The summed E-state index contributed by atoms with van der Waals surface area (Å²) >= 11 is 0. The minimum Gasteiger partial charge on any atom is -0.469 e. The molecular weight excluding hydrogens is 206 g/mol. The van der Waals surface area contributed by atoms with Gasteiger partial charge in [0.05, 0.1) is 19.6 Å². The molecule has 0 aromatic rings. The van der Waals surface area contributed by atoms with Gasteiger partial charge in [0.25, 0.3) is 0 Å². The molecule has 1 atom stereocenters. The maximum atomic E-state index is 10.9. The second kappa shape index (κ2) is 7.63. The maximum Gasteiger partial charge on any atom is 0.306 e. The van der Waals surface area contributed by atoms with E-state index in [1.165, 1.54) is 20.0 Å². The van der Waals surface area contributed by atoms with Gasteiger partial charge in [-0.1, -0.05) is 0 Å². The molecule has 0 aromatic heterocycles. The van der Waals surface area contributed by atoms with Gasteiger partial charge in [0.2, 0.25) is 0 Å². The van der Waals surface area contributed by atoms with E-state index in [4.69, 9.17) is 4.74 Å². The van der Waals surface area contributed by atoms with Gasteiger partial charge in [-0.3, -0.25) is 4.79 Å². The zero-order valence-electron chi connectivity index (χ0n) is 10.4. The fourth-order valence-electron chi connectivity index (χ4n) is 1.96. The first-order valence-corrected chi connectivity index (χ1v) is 6.09. The number of rotatable bonds is 7. The van der Waals surface area contributed by atoms with E-state index in [-0.39, 0.29) is 5.97 Å². The van der Waals surface area contributed by atoms with Crippen LogP contribution in [0.25, 0.3) is 0 Å². The van der Waals surface area contributed by atoms with Crippen LogP contribution in [0, 0.1) is 0 Å². The zero-order chi connectivity index (χ0) is 11.8. The van der Waals surface area contributed by atoms with Crippen molar-refractivity contribution >= 4 is 5.97 Å². The van der Waals surface area contributed by atoms with Crippen molar-refractivity contribution in [3.05, 3.63) is 0 Å². The third kappa shape index (κ3) is 5.47. The Morgan fingerprint density at radius 2 is 2.31 bits per heavy atom. The third-order valence-corrected chi connectivity index (χ3v) is 3.02. The molecule has 16 heavy (non-hydrogen) atoms. The summed E-state index contributed by atoms with van der Waals surface area (Å²) in [6, 6.07) is 0. The quantitative estimate of drug-likeness (QED) is 0.619. The van der Waals surface area contributed by atoms with Crippen LogP contribution in [0.5, 0.6) is 0 Å². The normalized spacial score (nSPS) is 20.3. The summed E-state index contributed by atoms with van der Waals surface area (Å²) < 4.78 is 10.2. The van der Waals surface area contributed by atoms with Crippen molar-refractivity contribution in [3.63, 3.8) is 0 Å². The summed E-state index contributed by atoms with van der Waals surface area (Å²) in [5.74, 6) is -0.133. The molecule has 0 aromatic carbocycles. The van der Waals surface area contributed by atoms with E-state index in [1.807, 2.05) is 7.05 Å². The Morgan fingerprint density at radius 1 is 1.50 bits per heavy atom. The lowest BCUT2D eigenvalue weighted by molar-refractivity contribution is -0.140. The highest BCUT2D eigenvalue weighted by Gasteiger charge is 2.14. The van der Waals surface area contributed by atoms with Gasteiger partial charge in [0, 0.05) is 13.2 Å². The Bertz CT molecular complexity index is 202. The Labute approximate surface area is 97.9 Å². The summed E-state index contributed by atoms with van der Waals surface area (Å²) in [7, 11) is 3.47. The maximum absolute atomic E-state index is 10.9. The van der Waals surface area contributed by atoms with E-state index in [1.54, 1.807) is 0 Å². The van der Waals surface area contributed by atoms with Gasteiger partial charge >= 0.3 is 5.97 Å². The molecule has 1 saturated heterocycles. The van der Waals surface area contributed by atoms with Crippen molar-refractivity contribution in [1.82, 2.24) is 4.90 Å². The van der Waals surface area contributed by atoms with E-state index >= 15 is 0 Å². The number of nitrogens with zero attached hydrogens (tertiary/aromatic N) is 1. The Morgan fingerprint density at radius 3 is 2.94 bits per heavy atom. The van der Waals surface area contributed by atoms with Gasteiger partial charge in [0.1, 0.15) is 0 Å². The standard InChI is InChI=1S/C12H23NO3/c1-13(9-7-12(14)15-2)8-3-5-11-6-4-10-16-11/h11H,3-10H2,1-2H3. The largest absolute Gasteiger partial charge is 0.469 e. The van der Waals surface area contributed by atoms with Gasteiger partial charge < -0.3 is 14.4 Å². The zero-order valence-corrected chi connectivity index (χ0v) is 10.4. The Kier molecular flexibility index (Phi) is 6.42. The first kappa shape index (κ1) is 13.5. The summed E-state index contributed by atoms with van der Waals surface area (Å²) in [5.41, 5.74) is 0. The minimum atomic E-state index is -0.133. The average molecular weight is 229 g/mol. The lowest BCUT2D eigenvalue weighted by Gasteiger charge is -2.16. The van der Waals surface area contributed by atoms with Crippen molar-refractivity contribution < 1.29 is 14.3 Å². The van der Waals surface area contributed by atoms with Crippen molar-refractivity contribution in [3.8, 4) is 0 Å². The van der Waals surface area contributed by atoms with Crippen LogP contribution in [0.15, 0.2) is 0 Å². The predicted octanol–water partition coefficient (Wildman–Crippen LogP) is 1.44. The monoisotopic (exact) mass is 229 g/mol. The lowest BCUT2D eigenvalue weighted by atomic mass is 10.1. The van der Waals surface area contributed by atoms with Crippen LogP contribution < -0.4 is 0 Å². The van der Waals surface area contributed by atoms with E-state index in [0.29, 0.717) is 12.5 Å². The molecule has 1 heterocycles. The van der Waals surface area contributed by atoms with Gasteiger partial charge in [0.15, 0.2) is 0 Å². The van der Waals surface area contributed by atoms with Crippen LogP contribution in [0.1, 0.15) is 32.1 Å². The molecule has 1 rings (SSSR count). The van der Waals surface area contributed by atoms with Crippen LogP contribution in [-0.2, 0) is 14.3 Å². The second-order valence-electron chi connectivity index (χ2n) is 4.41. The SMILES string of the molecule is COC(=O)CCN(C)CCCC1CCCO1. The van der Waals surface area contributed by atoms with Gasteiger partial charge in [-0.15, -0.1) is 0 Å². The predicted molar refractivity (Wildman–Crippen MR) is 62.3 cm³/mol. The third-order valence-electron chi connectivity index (χ3n) is 3.02. The molecular formula is C12H23NO3. The summed E-state index contributed by atoms with van der Waals surface area (Å²) in [6.07, 6.45) is 5.67. The van der Waals surface area contributed by atoms with Crippen molar-refractivity contribution in [2.75, 3.05) is 33.9 Å². The van der Waals surface area contributed by atoms with E-state index < -0.39 is 0 Å². The first-order chi connectivity index (χ1) is 7.72. The Balaban J connectivity index is 1.96. The molecule has 0 saturated carbocycles. The highest BCUT2D eigenvalue weighted by Crippen LogP contribution is 2.16. The van der Waals surface area contributed by atoms with Crippen LogP contribution in [0.2, 0.25) is 0 Å². The highest BCUT2D eigenvalue weighted by atomic mass is 16.5. The number of ether oxygens (including phenoxy) is 2. The number of hydrogen-bond donors (Lipinski definition) is 0. The van der Waals surface area contributed by atoms with Crippen molar-refractivity contribution in [2.45, 2.75) is 38.2 Å². The van der Waals surface area contributed by atoms with Crippen molar-refractivity contribution in [1.29, 1.82) is 0 Å². The molecule has 94 valence electrons. The molecule has 4 nitrogen and oxygen atoms in total. The molecule has 0 amide bonds. The molecule has 1 aliphatic heterocycles. The number of methoxy groups -OCH3 is 1. The van der Waals surface area contributed by atoms with E-state index in [9.17, 15) is 4.79 Å². The van der Waals surface area contributed by atoms with Gasteiger partial charge in [-0.25, -0.2) is 0 Å². The van der Waals surface area contributed by atoms with E-state index in [2.05, 4.69) is 9.64 Å². The summed E-state index contributed by atoms with van der Waals surface area (Å²) in [5, 5.41) is 0. The molecule has 0 aliphatic carbocycles. The summed E-state index contributed by atoms with van der Waals surface area (Å²) in [4.78, 5) is 13.1. The number of carbonyl (C=O) groups excluding carboxylic acids is 1. The number of hydrogen-bond acceptors (Lipinski definition) is 4. The molecule has 4 heteroatoms. The summed E-state index contributed by atoms with van der Waals surface area (Å²) in [6.45, 7) is 2.73. The molecule has 1 aliphatic rings. The van der Waals surface area contributed by atoms with Crippen LogP contribution >= 0.6 is 0 Å². The molecule has 1 unspecified atom stereocenters. The van der Waals surface area contributed by atoms with E-state index in [0.717, 1.165) is 32.5 Å². The Hall–Kier alpha value is -0.610. The molecule has 1 fully saturated rings. The number of carbonyl (C=O) groups is 1. The van der Waals surface area contributed by atoms with Gasteiger partial charge in [-0.2, -0.15) is 0 Å². The molecule has 0 N–H and O–H groups in total. The van der Waals surface area contributed by atoms with Crippen LogP contribution in [0.3, 0.4) is 0 Å².